The van der Waals surface area contributed by atoms with Crippen molar-refractivity contribution in [3.8, 4) is 0 Å². The van der Waals surface area contributed by atoms with E-state index in [2.05, 4.69) is 41.4 Å². The molecular weight excluding hydrogens is 252 g/mol. The first-order valence-electron chi connectivity index (χ1n) is 7.64. The van der Waals surface area contributed by atoms with Crippen LogP contribution in [0.5, 0.6) is 0 Å². The van der Waals surface area contributed by atoms with Crippen molar-refractivity contribution in [2.24, 2.45) is 5.84 Å². The lowest BCUT2D eigenvalue weighted by molar-refractivity contribution is 0.103. The van der Waals surface area contributed by atoms with E-state index in [0.29, 0.717) is 0 Å². The third-order valence-electron chi connectivity index (χ3n) is 4.73. The van der Waals surface area contributed by atoms with Gasteiger partial charge in [0.1, 0.15) is 12.2 Å². The van der Waals surface area contributed by atoms with E-state index in [1.54, 1.807) is 6.33 Å². The monoisotopic (exact) mass is 280 g/mol. The summed E-state index contributed by atoms with van der Waals surface area (Å²) in [6.45, 7) is 3.07. The van der Waals surface area contributed by atoms with Gasteiger partial charge in [-0.15, -0.1) is 0 Å². The van der Waals surface area contributed by atoms with Gasteiger partial charge in [0.05, 0.1) is 0 Å². The minimum absolute atomic E-state index is 0.137. The Balaban J connectivity index is 2.17. The Hall–Kier alpha value is -0.980. The quantitative estimate of drug-likeness (QED) is 0.574. The third kappa shape index (κ3) is 2.87. The molecule has 1 saturated carbocycles. The molecule has 1 aromatic heterocycles. The second-order valence-electron chi connectivity index (χ2n) is 6.03. The average Bonchev–Trinajstić information content (AvgIpc) is 3.06. The van der Waals surface area contributed by atoms with Crippen molar-refractivity contribution in [1.82, 2.24) is 25.1 Å². The van der Waals surface area contributed by atoms with Gasteiger partial charge in [-0.1, -0.05) is 19.8 Å². The largest absolute Gasteiger partial charge is 0.302 e. The summed E-state index contributed by atoms with van der Waals surface area (Å²) in [6.07, 6.45) is 8.48. The van der Waals surface area contributed by atoms with Crippen LogP contribution in [0.3, 0.4) is 0 Å². The van der Waals surface area contributed by atoms with Gasteiger partial charge in [-0.2, -0.15) is 5.10 Å². The SMILES string of the molecule is CCCn1ncnc1CC(NN)C1(N(C)C)CCCC1. The van der Waals surface area contributed by atoms with Gasteiger partial charge < -0.3 is 4.90 Å². The van der Waals surface area contributed by atoms with Gasteiger partial charge in [-0.3, -0.25) is 16.0 Å². The molecule has 114 valence electrons. The zero-order valence-electron chi connectivity index (χ0n) is 13.0. The number of hydrogen-bond acceptors (Lipinski definition) is 5. The molecule has 0 spiro atoms. The van der Waals surface area contributed by atoms with E-state index in [1.807, 2.05) is 4.68 Å². The van der Waals surface area contributed by atoms with E-state index in [0.717, 1.165) is 25.2 Å². The summed E-state index contributed by atoms with van der Waals surface area (Å²) < 4.78 is 2.00. The molecule has 3 N–H and O–H groups in total. The molecule has 0 amide bonds. The van der Waals surface area contributed by atoms with Crippen molar-refractivity contribution in [2.75, 3.05) is 14.1 Å². The van der Waals surface area contributed by atoms with Crippen molar-refractivity contribution in [1.29, 1.82) is 0 Å². The fraction of sp³-hybridized carbons (Fsp3) is 0.857. The van der Waals surface area contributed by atoms with E-state index in [9.17, 15) is 0 Å². The summed E-state index contributed by atoms with van der Waals surface area (Å²) in [7, 11) is 4.32. The number of likely N-dealkylation sites (N-methyl/N-ethyl adjacent to an activating group) is 1. The molecular formula is C14H28N6. The van der Waals surface area contributed by atoms with Crippen molar-refractivity contribution >= 4 is 0 Å². The summed E-state index contributed by atoms with van der Waals surface area (Å²) in [4.78, 5) is 6.76. The zero-order chi connectivity index (χ0) is 14.6. The highest BCUT2D eigenvalue weighted by molar-refractivity contribution is 5.05. The van der Waals surface area contributed by atoms with Crippen LogP contribution in [0.2, 0.25) is 0 Å². The summed E-state index contributed by atoms with van der Waals surface area (Å²) in [5.74, 6) is 6.91. The molecule has 2 rings (SSSR count). The number of aromatic nitrogens is 3. The molecule has 0 aromatic carbocycles. The molecule has 1 aromatic rings. The van der Waals surface area contributed by atoms with E-state index < -0.39 is 0 Å². The topological polar surface area (TPSA) is 72.0 Å². The number of nitrogens with zero attached hydrogens (tertiary/aromatic N) is 4. The molecule has 0 saturated heterocycles. The van der Waals surface area contributed by atoms with E-state index in [-0.39, 0.29) is 11.6 Å². The highest BCUT2D eigenvalue weighted by atomic mass is 15.3. The maximum absolute atomic E-state index is 5.88. The number of rotatable bonds is 7. The van der Waals surface area contributed by atoms with Crippen molar-refractivity contribution in [3.63, 3.8) is 0 Å². The Labute approximate surface area is 121 Å². The fourth-order valence-electron chi connectivity index (χ4n) is 3.53. The summed E-state index contributed by atoms with van der Waals surface area (Å²) in [5, 5.41) is 4.31. The summed E-state index contributed by atoms with van der Waals surface area (Å²) in [6, 6.07) is 0.208. The minimum Gasteiger partial charge on any atom is -0.302 e. The van der Waals surface area contributed by atoms with Crippen LogP contribution in [0.4, 0.5) is 0 Å². The maximum Gasteiger partial charge on any atom is 0.138 e. The predicted molar refractivity (Wildman–Crippen MR) is 80.0 cm³/mol. The first-order valence-corrected chi connectivity index (χ1v) is 7.64. The second-order valence-corrected chi connectivity index (χ2v) is 6.03. The number of hydrogen-bond donors (Lipinski definition) is 2. The molecule has 1 unspecified atom stereocenters. The van der Waals surface area contributed by atoms with E-state index in [4.69, 9.17) is 5.84 Å². The Morgan fingerprint density at radius 3 is 2.70 bits per heavy atom. The Kier molecular flexibility index (Phi) is 5.12. The van der Waals surface area contributed by atoms with E-state index in [1.165, 1.54) is 25.7 Å². The molecule has 6 nitrogen and oxygen atoms in total. The Bertz CT molecular complexity index is 408. The third-order valence-corrected chi connectivity index (χ3v) is 4.73. The number of aryl methyl sites for hydroxylation is 1. The Morgan fingerprint density at radius 1 is 1.45 bits per heavy atom. The second kappa shape index (κ2) is 6.65. The van der Waals surface area contributed by atoms with Crippen LogP contribution in [-0.4, -0.2) is 45.3 Å². The standard InChI is InChI=1S/C14H28N6/c1-4-9-20-13(16-11-17-20)10-12(18-15)14(19(2)3)7-5-6-8-14/h11-12,18H,4-10,15H2,1-3H3. The zero-order valence-corrected chi connectivity index (χ0v) is 13.0. The van der Waals surface area contributed by atoms with Gasteiger partial charge in [-0.05, 0) is 33.4 Å². The molecule has 1 atom stereocenters. The summed E-state index contributed by atoms with van der Waals surface area (Å²) >= 11 is 0. The predicted octanol–water partition coefficient (Wildman–Crippen LogP) is 0.937. The van der Waals surface area contributed by atoms with Crippen LogP contribution in [0.15, 0.2) is 6.33 Å². The smallest absolute Gasteiger partial charge is 0.138 e. The minimum atomic E-state index is 0.137. The molecule has 1 aliphatic rings. The number of nitrogens with one attached hydrogen (secondary N) is 1. The fourth-order valence-corrected chi connectivity index (χ4v) is 3.53. The van der Waals surface area contributed by atoms with Gasteiger partial charge in [0.2, 0.25) is 0 Å². The first-order chi connectivity index (χ1) is 9.64. The molecule has 0 bridgehead atoms. The maximum atomic E-state index is 5.88. The van der Waals surface area contributed by atoms with Gasteiger partial charge in [-0.25, -0.2) is 4.98 Å². The van der Waals surface area contributed by atoms with Crippen molar-refractivity contribution < 1.29 is 0 Å². The van der Waals surface area contributed by atoms with Crippen LogP contribution in [0, 0.1) is 0 Å². The molecule has 0 radical (unpaired) electrons. The van der Waals surface area contributed by atoms with Gasteiger partial charge in [0, 0.05) is 24.5 Å². The molecule has 6 heteroatoms. The first kappa shape index (κ1) is 15.4. The van der Waals surface area contributed by atoms with Gasteiger partial charge in [0.15, 0.2) is 0 Å². The van der Waals surface area contributed by atoms with Crippen LogP contribution in [-0.2, 0) is 13.0 Å². The lowest BCUT2D eigenvalue weighted by Gasteiger charge is -2.42. The Morgan fingerprint density at radius 2 is 2.15 bits per heavy atom. The normalized spacial score (nSPS) is 19.6. The molecule has 1 heterocycles. The molecule has 1 fully saturated rings. The van der Waals surface area contributed by atoms with Crippen LogP contribution in [0.1, 0.15) is 44.9 Å². The van der Waals surface area contributed by atoms with Crippen LogP contribution < -0.4 is 11.3 Å². The van der Waals surface area contributed by atoms with Crippen molar-refractivity contribution in [3.05, 3.63) is 12.2 Å². The number of hydrazine groups is 1. The molecule has 0 aliphatic heterocycles. The van der Waals surface area contributed by atoms with Gasteiger partial charge >= 0.3 is 0 Å². The van der Waals surface area contributed by atoms with Crippen LogP contribution >= 0.6 is 0 Å². The highest BCUT2D eigenvalue weighted by Gasteiger charge is 2.43. The highest BCUT2D eigenvalue weighted by Crippen LogP contribution is 2.37. The summed E-state index contributed by atoms with van der Waals surface area (Å²) in [5.41, 5.74) is 3.19. The molecule has 20 heavy (non-hydrogen) atoms. The average molecular weight is 280 g/mol. The van der Waals surface area contributed by atoms with Crippen molar-refractivity contribution in [2.45, 2.75) is 63.6 Å². The number of nitrogens with two attached hydrogens (primary N) is 1. The van der Waals surface area contributed by atoms with Crippen LogP contribution in [0.25, 0.3) is 0 Å². The van der Waals surface area contributed by atoms with E-state index >= 15 is 0 Å². The van der Waals surface area contributed by atoms with Gasteiger partial charge in [0.25, 0.3) is 0 Å². The lowest BCUT2D eigenvalue weighted by Crippen LogP contribution is -2.60. The lowest BCUT2D eigenvalue weighted by atomic mass is 9.85. The molecule has 1 aliphatic carbocycles.